The summed E-state index contributed by atoms with van der Waals surface area (Å²) in [6.07, 6.45) is 0. The number of rotatable bonds is 6. The van der Waals surface area contributed by atoms with E-state index < -0.39 is 15.9 Å². The smallest absolute Gasteiger partial charge is 0.262 e. The van der Waals surface area contributed by atoms with Crippen molar-refractivity contribution in [2.24, 2.45) is 5.73 Å². The summed E-state index contributed by atoms with van der Waals surface area (Å²) in [5.74, 6) is -0.0332. The number of hydrogen-bond donors (Lipinski definition) is 2. The van der Waals surface area contributed by atoms with Crippen molar-refractivity contribution in [3.63, 3.8) is 0 Å². The van der Waals surface area contributed by atoms with Crippen molar-refractivity contribution in [1.82, 2.24) is 0 Å². The fraction of sp³-hybridized carbons (Fsp3) is 0.188. The van der Waals surface area contributed by atoms with Crippen molar-refractivity contribution in [1.29, 1.82) is 0 Å². The first-order valence-corrected chi connectivity index (χ1v) is 8.42. The van der Waals surface area contributed by atoms with Gasteiger partial charge in [0.05, 0.1) is 30.4 Å². The molecule has 0 heterocycles. The Morgan fingerprint density at radius 1 is 1.08 bits per heavy atom. The van der Waals surface area contributed by atoms with Gasteiger partial charge in [-0.3, -0.25) is 9.52 Å². The zero-order chi connectivity index (χ0) is 17.9. The fourth-order valence-electron chi connectivity index (χ4n) is 2.19. The van der Waals surface area contributed by atoms with Gasteiger partial charge in [0.1, 0.15) is 0 Å². The van der Waals surface area contributed by atoms with E-state index in [9.17, 15) is 13.2 Å². The highest BCUT2D eigenvalue weighted by Crippen LogP contribution is 2.31. The molecule has 0 spiro atoms. The van der Waals surface area contributed by atoms with Crippen molar-refractivity contribution >= 4 is 21.6 Å². The van der Waals surface area contributed by atoms with Crippen LogP contribution in [0.25, 0.3) is 0 Å². The molecular weight excluding hydrogens is 332 g/mol. The van der Waals surface area contributed by atoms with E-state index in [1.165, 1.54) is 38.5 Å². The lowest BCUT2D eigenvalue weighted by Crippen LogP contribution is -2.19. The average Bonchev–Trinajstić information content (AvgIpc) is 2.55. The van der Waals surface area contributed by atoms with Gasteiger partial charge in [-0.2, -0.15) is 0 Å². The zero-order valence-electron chi connectivity index (χ0n) is 13.5. The van der Waals surface area contributed by atoms with Gasteiger partial charge in [0.2, 0.25) is 0 Å². The molecule has 0 saturated carbocycles. The minimum absolute atomic E-state index is 0.0289. The third-order valence-electron chi connectivity index (χ3n) is 3.44. The molecule has 0 radical (unpaired) electrons. The highest BCUT2D eigenvalue weighted by Gasteiger charge is 2.21. The molecule has 0 bridgehead atoms. The number of carbonyl (C=O) groups excluding carboxylic acids is 1. The number of nitrogens with one attached hydrogen (secondary N) is 1. The minimum atomic E-state index is -3.94. The summed E-state index contributed by atoms with van der Waals surface area (Å²) >= 11 is 0. The molecule has 2 rings (SSSR count). The van der Waals surface area contributed by atoms with Crippen LogP contribution in [0.2, 0.25) is 0 Å². The molecule has 24 heavy (non-hydrogen) atoms. The lowest BCUT2D eigenvalue weighted by molar-refractivity contribution is 0.100. The molecule has 0 aliphatic carbocycles. The number of hydrogen-bond acceptors (Lipinski definition) is 5. The number of amides is 1. The van der Waals surface area contributed by atoms with Gasteiger partial charge in [-0.25, -0.2) is 8.42 Å². The van der Waals surface area contributed by atoms with Crippen molar-refractivity contribution in [3.05, 3.63) is 47.5 Å². The second kappa shape index (κ2) is 6.79. The van der Waals surface area contributed by atoms with Gasteiger partial charge in [-0.1, -0.05) is 12.1 Å². The van der Waals surface area contributed by atoms with E-state index in [1.54, 1.807) is 19.1 Å². The summed E-state index contributed by atoms with van der Waals surface area (Å²) in [5.41, 5.74) is 6.14. The largest absolute Gasteiger partial charge is 0.493 e. The third-order valence-corrected chi connectivity index (χ3v) is 4.79. The van der Waals surface area contributed by atoms with Crippen molar-refractivity contribution in [2.45, 2.75) is 11.8 Å². The topological polar surface area (TPSA) is 108 Å². The number of aryl methyl sites for hydroxylation is 1. The van der Waals surface area contributed by atoms with E-state index in [2.05, 4.69) is 4.72 Å². The van der Waals surface area contributed by atoms with Crippen LogP contribution in [0.5, 0.6) is 11.5 Å². The number of benzene rings is 2. The molecule has 0 saturated heterocycles. The van der Waals surface area contributed by atoms with Gasteiger partial charge < -0.3 is 15.2 Å². The fourth-order valence-corrected chi connectivity index (χ4v) is 3.35. The summed E-state index contributed by atoms with van der Waals surface area (Å²) in [6, 6.07) is 8.97. The number of anilines is 1. The van der Waals surface area contributed by atoms with Gasteiger partial charge in [-0.05, 0) is 30.7 Å². The molecule has 128 valence electrons. The van der Waals surface area contributed by atoms with Crippen LogP contribution >= 0.6 is 0 Å². The molecule has 0 aromatic heterocycles. The van der Waals surface area contributed by atoms with Crippen LogP contribution in [-0.2, 0) is 10.0 Å². The Kier molecular flexibility index (Phi) is 4.99. The third kappa shape index (κ3) is 3.43. The van der Waals surface area contributed by atoms with Crippen LogP contribution in [0.15, 0.2) is 41.3 Å². The number of carbonyl (C=O) groups is 1. The lowest BCUT2D eigenvalue weighted by Gasteiger charge is -2.15. The molecule has 0 fully saturated rings. The van der Waals surface area contributed by atoms with Gasteiger partial charge in [0, 0.05) is 6.07 Å². The van der Waals surface area contributed by atoms with Gasteiger partial charge >= 0.3 is 0 Å². The molecule has 0 atom stereocenters. The molecule has 0 aliphatic rings. The van der Waals surface area contributed by atoms with Crippen LogP contribution < -0.4 is 19.9 Å². The molecule has 2 aromatic carbocycles. The summed E-state index contributed by atoms with van der Waals surface area (Å²) in [5, 5.41) is 0. The van der Waals surface area contributed by atoms with Crippen LogP contribution in [0.3, 0.4) is 0 Å². The van der Waals surface area contributed by atoms with Crippen molar-refractivity contribution < 1.29 is 22.7 Å². The summed E-state index contributed by atoms with van der Waals surface area (Å²) in [7, 11) is -1.08. The number of para-hydroxylation sites is 1. The minimum Gasteiger partial charge on any atom is -0.493 e. The summed E-state index contributed by atoms with van der Waals surface area (Å²) in [4.78, 5) is 11.5. The molecule has 0 aliphatic heterocycles. The number of nitrogens with two attached hydrogens (primary N) is 1. The Hall–Kier alpha value is -2.74. The van der Waals surface area contributed by atoms with Gasteiger partial charge in [-0.15, -0.1) is 0 Å². The molecule has 2 aromatic rings. The van der Waals surface area contributed by atoms with Crippen LogP contribution in [0, 0.1) is 6.92 Å². The van der Waals surface area contributed by atoms with Crippen LogP contribution in [0.4, 0.5) is 5.69 Å². The standard InChI is InChI=1S/C16H18N2O5S/c1-10-5-4-6-12(16(17)19)15(10)18-24(20,21)11-7-8-13(22-2)14(9-11)23-3/h4-9,18H,1-3H3,(H2,17,19). The van der Waals surface area contributed by atoms with Crippen LogP contribution in [0.1, 0.15) is 15.9 Å². The van der Waals surface area contributed by atoms with E-state index in [1.807, 2.05) is 0 Å². The lowest BCUT2D eigenvalue weighted by atomic mass is 10.1. The van der Waals surface area contributed by atoms with E-state index in [0.717, 1.165) is 0 Å². The maximum Gasteiger partial charge on any atom is 0.262 e. The molecule has 1 amide bonds. The Morgan fingerprint density at radius 2 is 1.75 bits per heavy atom. The van der Waals surface area contributed by atoms with E-state index in [-0.39, 0.29) is 21.9 Å². The average molecular weight is 350 g/mol. The summed E-state index contributed by atoms with van der Waals surface area (Å²) in [6.45, 7) is 1.68. The second-order valence-electron chi connectivity index (χ2n) is 4.98. The molecule has 3 N–H and O–H groups in total. The molecule has 8 heteroatoms. The Labute approximate surface area is 140 Å². The Bertz CT molecular complexity index is 878. The quantitative estimate of drug-likeness (QED) is 0.827. The molecule has 7 nitrogen and oxygen atoms in total. The SMILES string of the molecule is COc1ccc(S(=O)(=O)Nc2c(C)cccc2C(N)=O)cc1OC. The van der Waals surface area contributed by atoms with Crippen molar-refractivity contribution in [2.75, 3.05) is 18.9 Å². The highest BCUT2D eigenvalue weighted by molar-refractivity contribution is 7.92. The van der Waals surface area contributed by atoms with E-state index >= 15 is 0 Å². The van der Waals surface area contributed by atoms with Crippen LogP contribution in [-0.4, -0.2) is 28.5 Å². The van der Waals surface area contributed by atoms with Gasteiger partial charge in [0.15, 0.2) is 11.5 Å². The zero-order valence-corrected chi connectivity index (χ0v) is 14.3. The maximum atomic E-state index is 12.6. The number of ether oxygens (including phenoxy) is 2. The second-order valence-corrected chi connectivity index (χ2v) is 6.67. The van der Waals surface area contributed by atoms with Gasteiger partial charge in [0.25, 0.3) is 15.9 Å². The van der Waals surface area contributed by atoms with E-state index in [0.29, 0.717) is 11.3 Å². The predicted molar refractivity (Wildman–Crippen MR) is 90.1 cm³/mol. The van der Waals surface area contributed by atoms with Crippen molar-refractivity contribution in [3.8, 4) is 11.5 Å². The molecule has 0 unspecified atom stereocenters. The Balaban J connectivity index is 2.49. The normalized spacial score (nSPS) is 11.0. The maximum absolute atomic E-state index is 12.6. The summed E-state index contributed by atoms with van der Waals surface area (Å²) < 4.78 is 37.9. The monoisotopic (exact) mass is 350 g/mol. The first-order chi connectivity index (χ1) is 11.3. The number of methoxy groups -OCH3 is 2. The molecular formula is C16H18N2O5S. The number of primary amides is 1. The first kappa shape index (κ1) is 17.6. The van der Waals surface area contributed by atoms with E-state index in [4.69, 9.17) is 15.2 Å². The Morgan fingerprint density at radius 3 is 2.33 bits per heavy atom. The highest BCUT2D eigenvalue weighted by atomic mass is 32.2. The number of sulfonamides is 1. The first-order valence-electron chi connectivity index (χ1n) is 6.94. The predicted octanol–water partition coefficient (Wildman–Crippen LogP) is 1.91.